The van der Waals surface area contributed by atoms with E-state index < -0.39 is 5.97 Å². The molecule has 0 saturated carbocycles. The van der Waals surface area contributed by atoms with E-state index in [1.807, 2.05) is 4.90 Å². The smallest absolute Gasteiger partial charge is 0.337 e. The van der Waals surface area contributed by atoms with Crippen LogP contribution in [0.4, 0.5) is 0 Å². The average molecular weight is 290 g/mol. The number of aliphatic hydroxyl groups excluding tert-OH is 1. The van der Waals surface area contributed by atoms with Crippen LogP contribution in [0.3, 0.4) is 0 Å². The molecule has 21 heavy (non-hydrogen) atoms. The third-order valence-corrected chi connectivity index (χ3v) is 4.48. The lowest BCUT2D eigenvalue weighted by molar-refractivity contribution is 0.0282. The van der Waals surface area contributed by atoms with Gasteiger partial charge in [-0.25, -0.2) is 9.78 Å². The standard InChI is InChI=1S/C15H18N2O4/c1-8-12(15(20)21)4-5-13(16-8)14(19)17-9-2-3-10(17)7-11(18)6-9/h4-5,9-11,18H,2-3,6-7H2,1H3,(H,20,21). The first-order valence-electron chi connectivity index (χ1n) is 7.19. The molecule has 2 unspecified atom stereocenters. The molecule has 6 heteroatoms. The molecule has 0 aromatic carbocycles. The molecule has 0 radical (unpaired) electrons. The van der Waals surface area contributed by atoms with Crippen molar-refractivity contribution < 1.29 is 19.8 Å². The number of carboxylic acids is 1. The largest absolute Gasteiger partial charge is 0.478 e. The summed E-state index contributed by atoms with van der Waals surface area (Å²) in [6.45, 7) is 1.59. The number of rotatable bonds is 2. The van der Waals surface area contributed by atoms with E-state index in [4.69, 9.17) is 5.11 Å². The fourth-order valence-electron chi connectivity index (χ4n) is 3.52. The van der Waals surface area contributed by atoms with E-state index >= 15 is 0 Å². The first-order chi connectivity index (χ1) is 9.97. The zero-order valence-corrected chi connectivity index (χ0v) is 11.8. The van der Waals surface area contributed by atoms with Crippen LogP contribution in [0.25, 0.3) is 0 Å². The Morgan fingerprint density at radius 1 is 1.24 bits per heavy atom. The lowest BCUT2D eigenvalue weighted by atomic mass is 9.99. The molecule has 0 spiro atoms. The fraction of sp³-hybridized carbons (Fsp3) is 0.533. The molecule has 1 aromatic rings. The topological polar surface area (TPSA) is 90.7 Å². The minimum Gasteiger partial charge on any atom is -0.478 e. The summed E-state index contributed by atoms with van der Waals surface area (Å²) in [6.07, 6.45) is 2.75. The summed E-state index contributed by atoms with van der Waals surface area (Å²) in [5.74, 6) is -1.20. The fourth-order valence-corrected chi connectivity index (χ4v) is 3.52. The molecule has 112 valence electrons. The highest BCUT2D eigenvalue weighted by Crippen LogP contribution is 2.36. The van der Waals surface area contributed by atoms with Crippen LogP contribution in [0.1, 0.15) is 52.2 Å². The Labute approximate surface area is 122 Å². The minimum atomic E-state index is -1.04. The number of aromatic carboxylic acids is 1. The van der Waals surface area contributed by atoms with Crippen LogP contribution >= 0.6 is 0 Å². The van der Waals surface area contributed by atoms with Crippen molar-refractivity contribution in [3.05, 3.63) is 29.1 Å². The van der Waals surface area contributed by atoms with Gasteiger partial charge in [-0.2, -0.15) is 0 Å². The van der Waals surface area contributed by atoms with Gasteiger partial charge in [0.25, 0.3) is 5.91 Å². The number of aryl methyl sites for hydroxylation is 1. The van der Waals surface area contributed by atoms with Crippen molar-refractivity contribution in [3.63, 3.8) is 0 Å². The Morgan fingerprint density at radius 3 is 2.38 bits per heavy atom. The van der Waals surface area contributed by atoms with Crippen molar-refractivity contribution in [1.82, 2.24) is 9.88 Å². The molecule has 2 aliphatic heterocycles. The third kappa shape index (κ3) is 2.40. The number of carboxylic acid groups (broad SMARTS) is 1. The molecular weight excluding hydrogens is 272 g/mol. The first kappa shape index (κ1) is 14.0. The van der Waals surface area contributed by atoms with Gasteiger partial charge in [0.05, 0.1) is 17.4 Å². The second-order valence-electron chi connectivity index (χ2n) is 5.86. The monoisotopic (exact) mass is 290 g/mol. The van der Waals surface area contributed by atoms with Crippen molar-refractivity contribution in [2.75, 3.05) is 0 Å². The predicted molar refractivity (Wildman–Crippen MR) is 74.2 cm³/mol. The number of piperidine rings is 1. The average Bonchev–Trinajstić information content (AvgIpc) is 2.69. The van der Waals surface area contributed by atoms with Gasteiger partial charge in [0.15, 0.2) is 0 Å². The van der Waals surface area contributed by atoms with E-state index in [9.17, 15) is 14.7 Å². The summed E-state index contributed by atoms with van der Waals surface area (Å²) in [6, 6.07) is 3.06. The number of nitrogens with zero attached hydrogens (tertiary/aromatic N) is 2. The second-order valence-corrected chi connectivity index (χ2v) is 5.86. The predicted octanol–water partition coefficient (Wildman–Crippen LogP) is 1.22. The van der Waals surface area contributed by atoms with E-state index in [0.717, 1.165) is 12.8 Å². The molecular formula is C15H18N2O4. The summed E-state index contributed by atoms with van der Waals surface area (Å²) in [7, 11) is 0. The maximum atomic E-state index is 12.6. The molecule has 2 fully saturated rings. The Hall–Kier alpha value is -1.95. The number of hydrogen-bond acceptors (Lipinski definition) is 4. The molecule has 2 bridgehead atoms. The van der Waals surface area contributed by atoms with Gasteiger partial charge in [0.2, 0.25) is 0 Å². The first-order valence-corrected chi connectivity index (χ1v) is 7.19. The normalized spacial score (nSPS) is 27.7. The maximum absolute atomic E-state index is 12.6. The third-order valence-electron chi connectivity index (χ3n) is 4.48. The summed E-state index contributed by atoms with van der Waals surface area (Å²) >= 11 is 0. The molecule has 3 rings (SSSR count). The Balaban J connectivity index is 1.86. The molecule has 0 aliphatic carbocycles. The van der Waals surface area contributed by atoms with Gasteiger partial charge in [-0.3, -0.25) is 4.79 Å². The minimum absolute atomic E-state index is 0.0764. The maximum Gasteiger partial charge on any atom is 0.337 e. The van der Waals surface area contributed by atoms with Crippen molar-refractivity contribution in [1.29, 1.82) is 0 Å². The van der Waals surface area contributed by atoms with Crippen LogP contribution < -0.4 is 0 Å². The van der Waals surface area contributed by atoms with Crippen LogP contribution in [0.2, 0.25) is 0 Å². The Bertz CT molecular complexity index is 587. The highest BCUT2D eigenvalue weighted by molar-refractivity contribution is 5.95. The number of pyridine rings is 1. The highest BCUT2D eigenvalue weighted by atomic mass is 16.4. The van der Waals surface area contributed by atoms with Gasteiger partial charge in [-0.1, -0.05) is 0 Å². The van der Waals surface area contributed by atoms with Gasteiger partial charge in [0.1, 0.15) is 5.69 Å². The van der Waals surface area contributed by atoms with Crippen LogP contribution in [0.5, 0.6) is 0 Å². The van der Waals surface area contributed by atoms with Crippen molar-refractivity contribution in [2.24, 2.45) is 0 Å². The van der Waals surface area contributed by atoms with Crippen molar-refractivity contribution >= 4 is 11.9 Å². The lowest BCUT2D eigenvalue weighted by Crippen LogP contribution is -2.48. The number of aliphatic hydroxyl groups is 1. The van der Waals surface area contributed by atoms with Crippen LogP contribution in [0.15, 0.2) is 12.1 Å². The van der Waals surface area contributed by atoms with E-state index in [1.54, 1.807) is 6.92 Å². The number of hydrogen-bond donors (Lipinski definition) is 2. The number of carbonyl (C=O) groups excluding carboxylic acids is 1. The number of fused-ring (bicyclic) bond motifs is 2. The summed E-state index contributed by atoms with van der Waals surface area (Å²) in [5.41, 5.74) is 0.743. The van der Waals surface area contributed by atoms with E-state index in [2.05, 4.69) is 4.98 Å². The van der Waals surface area contributed by atoms with Crippen molar-refractivity contribution in [2.45, 2.75) is 50.8 Å². The van der Waals surface area contributed by atoms with Crippen LogP contribution in [0, 0.1) is 6.92 Å². The number of carbonyl (C=O) groups is 2. The molecule has 6 nitrogen and oxygen atoms in total. The Kier molecular flexibility index (Phi) is 3.41. The van der Waals surface area contributed by atoms with Gasteiger partial charge < -0.3 is 15.1 Å². The van der Waals surface area contributed by atoms with E-state index in [0.29, 0.717) is 18.5 Å². The highest BCUT2D eigenvalue weighted by Gasteiger charge is 2.43. The molecule has 1 aromatic heterocycles. The lowest BCUT2D eigenvalue weighted by Gasteiger charge is -2.37. The van der Waals surface area contributed by atoms with E-state index in [1.165, 1.54) is 12.1 Å². The molecule has 2 aliphatic rings. The molecule has 1 amide bonds. The molecule has 2 N–H and O–H groups in total. The van der Waals surface area contributed by atoms with Gasteiger partial charge in [0, 0.05) is 12.1 Å². The summed E-state index contributed by atoms with van der Waals surface area (Å²) < 4.78 is 0. The van der Waals surface area contributed by atoms with Gasteiger partial charge >= 0.3 is 5.97 Å². The Morgan fingerprint density at radius 2 is 1.86 bits per heavy atom. The molecule has 3 heterocycles. The molecule has 2 saturated heterocycles. The quantitative estimate of drug-likeness (QED) is 0.854. The summed E-state index contributed by atoms with van der Waals surface area (Å²) in [4.78, 5) is 29.6. The summed E-state index contributed by atoms with van der Waals surface area (Å²) in [5, 5.41) is 18.8. The van der Waals surface area contributed by atoms with Crippen LogP contribution in [-0.4, -0.2) is 50.2 Å². The van der Waals surface area contributed by atoms with Crippen molar-refractivity contribution in [3.8, 4) is 0 Å². The number of aromatic nitrogens is 1. The second kappa shape index (κ2) is 5.11. The van der Waals surface area contributed by atoms with Crippen LogP contribution in [-0.2, 0) is 0 Å². The zero-order valence-electron chi connectivity index (χ0n) is 11.8. The molecule has 2 atom stereocenters. The van der Waals surface area contributed by atoms with E-state index in [-0.39, 0.29) is 35.4 Å². The number of amides is 1. The van der Waals surface area contributed by atoms with Gasteiger partial charge in [-0.15, -0.1) is 0 Å². The zero-order chi connectivity index (χ0) is 15.1. The SMILES string of the molecule is Cc1nc(C(=O)N2C3CCC2CC(O)C3)ccc1C(=O)O. The van der Waals surface area contributed by atoms with Gasteiger partial charge in [-0.05, 0) is 44.7 Å².